The van der Waals surface area contributed by atoms with Crippen molar-refractivity contribution in [3.05, 3.63) is 63.7 Å². The van der Waals surface area contributed by atoms with Crippen LogP contribution in [0.1, 0.15) is 52.0 Å². The number of benzene rings is 1. The van der Waals surface area contributed by atoms with Crippen molar-refractivity contribution in [2.45, 2.75) is 70.4 Å². The van der Waals surface area contributed by atoms with Gasteiger partial charge in [-0.05, 0) is 62.7 Å². The molecule has 2 unspecified atom stereocenters. The van der Waals surface area contributed by atoms with Crippen molar-refractivity contribution in [3.8, 4) is 0 Å². The Hall–Kier alpha value is -2.75. The quantitative estimate of drug-likeness (QED) is 0.422. The van der Waals surface area contributed by atoms with Gasteiger partial charge in [-0.3, -0.25) is 19.7 Å². The first-order valence-corrected chi connectivity index (χ1v) is 13.2. The van der Waals surface area contributed by atoms with Crippen LogP contribution in [0.2, 0.25) is 0 Å². The average Bonchev–Trinajstić information content (AvgIpc) is 3.13. The molecule has 0 heterocycles. The topological polar surface area (TPSA) is 127 Å². The number of halogens is 1. The highest BCUT2D eigenvalue weighted by atomic mass is 19.1. The maximum Gasteiger partial charge on any atom is 0.274 e. The molecule has 0 aromatic heterocycles. The molecule has 0 aliphatic heterocycles. The predicted octanol–water partition coefficient (Wildman–Crippen LogP) is 4.03. The third-order valence-corrected chi connectivity index (χ3v) is 10.3. The number of aliphatic hydroxyl groups is 2. The monoisotopic (exact) mass is 527 g/mol. The zero-order valence-electron chi connectivity index (χ0n) is 21.9. The zero-order chi connectivity index (χ0) is 27.7. The number of carbonyl (C=O) groups is 2. The van der Waals surface area contributed by atoms with Crippen LogP contribution in [-0.2, 0) is 20.9 Å². The van der Waals surface area contributed by atoms with Gasteiger partial charge in [0, 0.05) is 22.8 Å². The summed E-state index contributed by atoms with van der Waals surface area (Å²) in [5.74, 6) is -1.86. The highest BCUT2D eigenvalue weighted by molar-refractivity contribution is 6.01. The van der Waals surface area contributed by atoms with E-state index < -0.39 is 51.4 Å². The number of allylic oxidation sites excluding steroid dienone is 4. The zero-order valence-corrected chi connectivity index (χ0v) is 21.9. The summed E-state index contributed by atoms with van der Waals surface area (Å²) in [4.78, 5) is 36.3. The number of hydrogen-bond acceptors (Lipinski definition) is 7. The number of para-hydroxylation sites is 1. The summed E-state index contributed by atoms with van der Waals surface area (Å²) < 4.78 is 22.8. The fraction of sp³-hybridized carbons (Fsp3) is 0.586. The first kappa shape index (κ1) is 26.8. The predicted molar refractivity (Wildman–Crippen MR) is 136 cm³/mol. The minimum absolute atomic E-state index is 0.105. The van der Waals surface area contributed by atoms with Crippen LogP contribution in [0.25, 0.3) is 0 Å². The number of nitrogens with zero attached hydrogens (tertiary/aromatic N) is 1. The summed E-state index contributed by atoms with van der Waals surface area (Å²) in [5.41, 5.74) is -5.26. The fourth-order valence-corrected chi connectivity index (χ4v) is 8.25. The molecule has 0 saturated heterocycles. The summed E-state index contributed by atoms with van der Waals surface area (Å²) in [6, 6.07) is 6.08. The van der Waals surface area contributed by atoms with Crippen LogP contribution in [0.5, 0.6) is 0 Å². The second-order valence-electron chi connectivity index (χ2n) is 12.0. The molecule has 0 spiro atoms. The molecular formula is C29H34FNO7. The summed E-state index contributed by atoms with van der Waals surface area (Å²) in [7, 11) is 0. The number of nitro benzene ring substituents is 1. The number of nitro groups is 1. The number of carbonyl (C=O) groups excluding carboxylic acids is 2. The molecule has 0 amide bonds. The van der Waals surface area contributed by atoms with Crippen molar-refractivity contribution in [1.29, 1.82) is 0 Å². The molecular weight excluding hydrogens is 493 g/mol. The van der Waals surface area contributed by atoms with Gasteiger partial charge >= 0.3 is 0 Å². The molecule has 0 radical (unpaired) electrons. The van der Waals surface area contributed by atoms with Gasteiger partial charge in [0.1, 0.15) is 12.2 Å². The number of aliphatic hydroxyl groups excluding tert-OH is 1. The first-order chi connectivity index (χ1) is 17.8. The lowest BCUT2D eigenvalue weighted by Crippen LogP contribution is -2.70. The lowest BCUT2D eigenvalue weighted by Gasteiger charge is -2.63. The number of fused-ring (bicyclic) bond motifs is 5. The number of rotatable bonds is 6. The van der Waals surface area contributed by atoms with E-state index in [0.717, 1.165) is 0 Å². The second kappa shape index (κ2) is 8.89. The summed E-state index contributed by atoms with van der Waals surface area (Å²) in [5, 5.41) is 34.5. The Labute approximate surface area is 220 Å². The van der Waals surface area contributed by atoms with Gasteiger partial charge in [-0.15, -0.1) is 0 Å². The van der Waals surface area contributed by atoms with E-state index >= 15 is 4.39 Å². The van der Waals surface area contributed by atoms with Crippen LogP contribution in [0, 0.1) is 38.7 Å². The Balaban J connectivity index is 1.39. The molecule has 8 nitrogen and oxygen atoms in total. The molecule has 1 aromatic carbocycles. The van der Waals surface area contributed by atoms with E-state index in [1.165, 1.54) is 18.2 Å². The van der Waals surface area contributed by atoms with Gasteiger partial charge < -0.3 is 14.9 Å². The lowest BCUT2D eigenvalue weighted by atomic mass is 9.43. The van der Waals surface area contributed by atoms with Crippen molar-refractivity contribution >= 4 is 17.3 Å². The first-order valence-electron chi connectivity index (χ1n) is 13.2. The Bertz CT molecular complexity index is 1260. The van der Waals surface area contributed by atoms with Crippen LogP contribution in [0.4, 0.5) is 10.1 Å². The molecule has 4 aliphatic carbocycles. The van der Waals surface area contributed by atoms with Crippen molar-refractivity contribution < 1.29 is 33.9 Å². The largest absolute Gasteiger partial charge is 0.390 e. The van der Waals surface area contributed by atoms with E-state index in [1.807, 2.05) is 6.92 Å². The minimum atomic E-state index is -2.05. The van der Waals surface area contributed by atoms with Crippen LogP contribution >= 0.6 is 0 Å². The molecule has 4 aliphatic rings. The number of Topliss-reactive ketones (excluding diaryl/α,β-unsaturated/α-hetero) is 1. The fourth-order valence-electron chi connectivity index (χ4n) is 8.25. The van der Waals surface area contributed by atoms with Gasteiger partial charge in [0.15, 0.2) is 17.2 Å². The van der Waals surface area contributed by atoms with E-state index in [0.29, 0.717) is 24.0 Å². The molecule has 38 heavy (non-hydrogen) atoms. The van der Waals surface area contributed by atoms with Gasteiger partial charge in [0.05, 0.1) is 23.2 Å². The lowest BCUT2D eigenvalue weighted by molar-refractivity contribution is -0.385. The minimum Gasteiger partial charge on any atom is -0.390 e. The van der Waals surface area contributed by atoms with Crippen molar-refractivity contribution in [1.82, 2.24) is 0 Å². The summed E-state index contributed by atoms with van der Waals surface area (Å²) in [6.07, 6.45) is 3.79. The summed E-state index contributed by atoms with van der Waals surface area (Å²) in [6.45, 7) is 4.81. The standard InChI is InChI=1S/C29H34FNO7/c1-17-12-22-20-9-11-28(35,25(34)16-38-15-18-6-4-5-7-23(18)31(36)37)27(20,3)14-24(33)29(22,30)26(2)10-8-19(32)13-21(17)26/h4-8,10,13,17,20,22,24,33,35H,9,11-12,14-16H2,1-3H3/t17?,20-,22-,24?,26-,27-,28-,29-/m0/s1. The number of hydrogen-bond donors (Lipinski definition) is 2. The van der Waals surface area contributed by atoms with Crippen LogP contribution < -0.4 is 0 Å². The molecule has 3 saturated carbocycles. The Morgan fingerprint density at radius 2 is 1.97 bits per heavy atom. The average molecular weight is 528 g/mol. The highest BCUT2D eigenvalue weighted by Gasteiger charge is 2.74. The molecule has 3 fully saturated rings. The SMILES string of the molecule is CC1C[C@H]2[C@@H]3CC[C@](O)(C(=O)COCc4ccccc4[N+](=O)[O-])[C@@]3(C)CC(O)[C@]2(F)[C@@]2(C)C=CC(=O)C=C12. The van der Waals surface area contributed by atoms with E-state index in [4.69, 9.17) is 4.74 Å². The van der Waals surface area contributed by atoms with Gasteiger partial charge in [-0.2, -0.15) is 0 Å². The van der Waals surface area contributed by atoms with Crippen molar-refractivity contribution in [3.63, 3.8) is 0 Å². The number of ketones is 2. The van der Waals surface area contributed by atoms with E-state index in [-0.39, 0.29) is 42.8 Å². The van der Waals surface area contributed by atoms with Crippen molar-refractivity contribution in [2.24, 2.45) is 28.6 Å². The Morgan fingerprint density at radius 3 is 2.68 bits per heavy atom. The van der Waals surface area contributed by atoms with Gasteiger partial charge in [0.25, 0.3) is 5.69 Å². The third kappa shape index (κ3) is 3.51. The molecule has 0 bridgehead atoms. The number of ether oxygens (including phenoxy) is 1. The summed E-state index contributed by atoms with van der Waals surface area (Å²) >= 11 is 0. The van der Waals surface area contributed by atoms with Crippen LogP contribution in [0.3, 0.4) is 0 Å². The molecule has 8 atom stereocenters. The van der Waals surface area contributed by atoms with Crippen molar-refractivity contribution in [2.75, 3.05) is 6.61 Å². The maximum absolute atomic E-state index is 17.3. The molecule has 1 aromatic rings. The van der Waals surface area contributed by atoms with Crippen LogP contribution in [0.15, 0.2) is 48.1 Å². The normalized spacial score (nSPS) is 41.6. The number of alkyl halides is 1. The van der Waals surface area contributed by atoms with E-state index in [9.17, 15) is 29.9 Å². The smallest absolute Gasteiger partial charge is 0.274 e. The second-order valence-corrected chi connectivity index (χ2v) is 12.0. The van der Waals surface area contributed by atoms with Gasteiger partial charge in [-0.25, -0.2) is 4.39 Å². The molecule has 5 rings (SSSR count). The van der Waals surface area contributed by atoms with Crippen LogP contribution in [-0.4, -0.2) is 50.7 Å². The van der Waals surface area contributed by atoms with Gasteiger partial charge in [-0.1, -0.05) is 37.6 Å². The van der Waals surface area contributed by atoms with Gasteiger partial charge in [0.2, 0.25) is 0 Å². The maximum atomic E-state index is 17.3. The molecule has 9 heteroatoms. The molecule has 204 valence electrons. The van der Waals surface area contributed by atoms with E-state index in [1.54, 1.807) is 38.1 Å². The Morgan fingerprint density at radius 1 is 1.26 bits per heavy atom. The van der Waals surface area contributed by atoms with E-state index in [2.05, 4.69) is 0 Å². The Kier molecular flexibility index (Phi) is 6.28. The molecule has 2 N–H and O–H groups in total. The highest BCUT2D eigenvalue weighted by Crippen LogP contribution is 2.70. The third-order valence-electron chi connectivity index (χ3n) is 10.3.